The molecule has 0 bridgehead atoms. The molecule has 1 aromatic carbocycles. The summed E-state index contributed by atoms with van der Waals surface area (Å²) in [4.78, 5) is 14.7. The fraction of sp³-hybridized carbons (Fsp3) is 0.471. The van der Waals surface area contributed by atoms with Crippen molar-refractivity contribution in [2.24, 2.45) is 0 Å². The number of aromatic amines is 1. The molecule has 1 aromatic heterocycles. The van der Waals surface area contributed by atoms with Crippen molar-refractivity contribution in [3.63, 3.8) is 0 Å². The number of benzene rings is 1. The van der Waals surface area contributed by atoms with E-state index in [-0.39, 0.29) is 23.6 Å². The van der Waals surface area contributed by atoms with Gasteiger partial charge in [-0.15, -0.1) is 0 Å². The normalized spacial score (nSPS) is 13.3. The van der Waals surface area contributed by atoms with E-state index in [4.69, 9.17) is 4.74 Å². The van der Waals surface area contributed by atoms with Crippen molar-refractivity contribution in [1.82, 2.24) is 10.3 Å². The van der Waals surface area contributed by atoms with Crippen LogP contribution in [0.2, 0.25) is 0 Å². The predicted octanol–water partition coefficient (Wildman–Crippen LogP) is 2.47. The Bertz CT molecular complexity index is 700. The number of carbonyl (C=O) groups excluding carboxylic acids is 1. The zero-order valence-corrected chi connectivity index (χ0v) is 13.9. The first-order valence-corrected chi connectivity index (χ1v) is 7.67. The van der Waals surface area contributed by atoms with Crippen LogP contribution in [0.15, 0.2) is 18.2 Å². The van der Waals surface area contributed by atoms with Gasteiger partial charge in [0.05, 0.1) is 18.2 Å². The number of aromatic hydroxyl groups is 1. The van der Waals surface area contributed by atoms with Crippen molar-refractivity contribution in [1.29, 1.82) is 0 Å². The smallest absolute Gasteiger partial charge is 0.354 e. The van der Waals surface area contributed by atoms with E-state index in [1.807, 2.05) is 20.8 Å². The van der Waals surface area contributed by atoms with E-state index < -0.39 is 12.1 Å². The molecule has 2 rings (SSSR count). The van der Waals surface area contributed by atoms with Gasteiger partial charge in [-0.05, 0) is 45.4 Å². The number of rotatable bonds is 5. The van der Waals surface area contributed by atoms with E-state index in [1.165, 1.54) is 6.07 Å². The summed E-state index contributed by atoms with van der Waals surface area (Å²) in [6.07, 6.45) is -0.761. The molecule has 4 N–H and O–H groups in total. The minimum Gasteiger partial charge on any atom is -0.506 e. The number of nitrogens with one attached hydrogen (secondary N) is 2. The maximum Gasteiger partial charge on any atom is 0.354 e. The average Bonchev–Trinajstić information content (AvgIpc) is 2.91. The van der Waals surface area contributed by atoms with Crippen LogP contribution >= 0.6 is 0 Å². The monoisotopic (exact) mass is 320 g/mol. The highest BCUT2D eigenvalue weighted by Crippen LogP contribution is 2.31. The third-order valence-electron chi connectivity index (χ3n) is 3.49. The third-order valence-corrected chi connectivity index (χ3v) is 3.49. The molecule has 0 radical (unpaired) electrons. The SMILES string of the molecule is CCOC(=O)c1cc2c(C(O)CNC(C)(C)C)ccc(O)c2[nH]1. The van der Waals surface area contributed by atoms with Gasteiger partial charge in [-0.1, -0.05) is 6.07 Å². The lowest BCUT2D eigenvalue weighted by molar-refractivity contribution is 0.0520. The topological polar surface area (TPSA) is 94.6 Å². The molecule has 2 aromatic rings. The van der Waals surface area contributed by atoms with Crippen LogP contribution in [-0.2, 0) is 4.74 Å². The largest absolute Gasteiger partial charge is 0.506 e. The maximum atomic E-state index is 11.9. The third kappa shape index (κ3) is 4.03. The molecule has 1 heterocycles. The first-order valence-electron chi connectivity index (χ1n) is 7.67. The van der Waals surface area contributed by atoms with Crippen LogP contribution in [0.5, 0.6) is 5.75 Å². The molecule has 0 aliphatic heterocycles. The summed E-state index contributed by atoms with van der Waals surface area (Å²) in [5, 5.41) is 24.3. The molecule has 23 heavy (non-hydrogen) atoms. The van der Waals surface area contributed by atoms with Gasteiger partial charge < -0.3 is 25.3 Å². The van der Waals surface area contributed by atoms with Crippen molar-refractivity contribution < 1.29 is 19.7 Å². The Hall–Kier alpha value is -2.05. The molecule has 6 nitrogen and oxygen atoms in total. The number of aliphatic hydroxyl groups is 1. The molecule has 126 valence electrons. The van der Waals surface area contributed by atoms with E-state index in [0.717, 1.165) is 0 Å². The first-order chi connectivity index (χ1) is 10.7. The Morgan fingerprint density at radius 1 is 1.39 bits per heavy atom. The molecule has 0 saturated carbocycles. The van der Waals surface area contributed by atoms with Gasteiger partial charge in [0.1, 0.15) is 11.4 Å². The first kappa shape index (κ1) is 17.3. The van der Waals surface area contributed by atoms with Crippen molar-refractivity contribution in [2.75, 3.05) is 13.2 Å². The molecule has 0 fully saturated rings. The summed E-state index contributed by atoms with van der Waals surface area (Å²) in [7, 11) is 0. The lowest BCUT2D eigenvalue weighted by Gasteiger charge is -2.23. The summed E-state index contributed by atoms with van der Waals surface area (Å²) in [6.45, 7) is 8.41. The fourth-order valence-electron chi connectivity index (χ4n) is 2.35. The number of carbonyl (C=O) groups is 1. The molecule has 0 saturated heterocycles. The van der Waals surface area contributed by atoms with Crippen LogP contribution in [-0.4, -0.2) is 39.9 Å². The van der Waals surface area contributed by atoms with Crippen molar-refractivity contribution in [2.45, 2.75) is 39.3 Å². The molecule has 0 aliphatic rings. The Morgan fingerprint density at radius 2 is 2.09 bits per heavy atom. The number of aliphatic hydroxyl groups excluding tert-OH is 1. The number of phenols is 1. The van der Waals surface area contributed by atoms with E-state index >= 15 is 0 Å². The standard InChI is InChI=1S/C17H24N2O4/c1-5-23-16(22)12-8-11-10(6-7-13(20)15(11)19-12)14(21)9-18-17(2,3)4/h6-8,14,18-21H,5,9H2,1-4H3. The quantitative estimate of drug-likeness (QED) is 0.635. The van der Waals surface area contributed by atoms with Gasteiger partial charge in [-0.3, -0.25) is 0 Å². The second kappa shape index (κ2) is 6.60. The Kier molecular flexibility index (Phi) is 4.97. The van der Waals surface area contributed by atoms with Crippen molar-refractivity contribution >= 4 is 16.9 Å². The van der Waals surface area contributed by atoms with Crippen LogP contribution in [0, 0.1) is 0 Å². The summed E-state index contributed by atoms with van der Waals surface area (Å²) in [5.74, 6) is -0.466. The summed E-state index contributed by atoms with van der Waals surface area (Å²) in [6, 6.07) is 4.77. The fourth-order valence-corrected chi connectivity index (χ4v) is 2.35. The zero-order chi connectivity index (χ0) is 17.2. The number of fused-ring (bicyclic) bond motifs is 1. The number of aromatic nitrogens is 1. The van der Waals surface area contributed by atoms with Gasteiger partial charge in [0.25, 0.3) is 0 Å². The summed E-state index contributed by atoms with van der Waals surface area (Å²) >= 11 is 0. The second-order valence-corrected chi connectivity index (χ2v) is 6.51. The van der Waals surface area contributed by atoms with Gasteiger partial charge in [-0.25, -0.2) is 4.79 Å². The molecular weight excluding hydrogens is 296 g/mol. The molecule has 1 atom stereocenters. The maximum absolute atomic E-state index is 11.9. The predicted molar refractivity (Wildman–Crippen MR) is 88.6 cm³/mol. The highest BCUT2D eigenvalue weighted by molar-refractivity contribution is 5.98. The Labute approximate surface area is 135 Å². The van der Waals surface area contributed by atoms with E-state index in [1.54, 1.807) is 19.1 Å². The number of β-amino-alcohol motifs (C(OH)–C–C–N with tert-alkyl or cyclic N) is 1. The van der Waals surface area contributed by atoms with Gasteiger partial charge >= 0.3 is 5.97 Å². The minimum atomic E-state index is -0.761. The van der Waals surface area contributed by atoms with E-state index in [2.05, 4.69) is 10.3 Å². The van der Waals surface area contributed by atoms with Gasteiger partial charge in [-0.2, -0.15) is 0 Å². The number of phenolic OH excluding ortho intramolecular Hbond substituents is 1. The van der Waals surface area contributed by atoms with Crippen LogP contribution in [0.1, 0.15) is 49.9 Å². The van der Waals surface area contributed by atoms with E-state index in [9.17, 15) is 15.0 Å². The molecule has 0 amide bonds. The highest BCUT2D eigenvalue weighted by Gasteiger charge is 2.20. The number of hydrogen-bond acceptors (Lipinski definition) is 5. The number of H-pyrrole nitrogens is 1. The van der Waals surface area contributed by atoms with Crippen molar-refractivity contribution in [3.8, 4) is 5.75 Å². The number of hydrogen-bond donors (Lipinski definition) is 4. The minimum absolute atomic E-state index is 0.0234. The second-order valence-electron chi connectivity index (χ2n) is 6.51. The molecule has 1 unspecified atom stereocenters. The Morgan fingerprint density at radius 3 is 2.70 bits per heavy atom. The van der Waals surface area contributed by atoms with Crippen LogP contribution in [0.3, 0.4) is 0 Å². The number of ether oxygens (including phenoxy) is 1. The van der Waals surface area contributed by atoms with Gasteiger partial charge in [0.2, 0.25) is 0 Å². The van der Waals surface area contributed by atoms with Gasteiger partial charge in [0, 0.05) is 17.5 Å². The van der Waals surface area contributed by atoms with Crippen LogP contribution < -0.4 is 5.32 Å². The number of esters is 1. The molecule has 0 aliphatic carbocycles. The van der Waals surface area contributed by atoms with Crippen LogP contribution in [0.25, 0.3) is 10.9 Å². The Balaban J connectivity index is 2.37. The average molecular weight is 320 g/mol. The summed E-state index contributed by atoms with van der Waals surface area (Å²) < 4.78 is 4.96. The van der Waals surface area contributed by atoms with Crippen LogP contribution in [0.4, 0.5) is 0 Å². The highest BCUT2D eigenvalue weighted by atomic mass is 16.5. The summed E-state index contributed by atoms with van der Waals surface area (Å²) in [5.41, 5.74) is 1.19. The molecular formula is C17H24N2O4. The van der Waals surface area contributed by atoms with E-state index in [0.29, 0.717) is 23.0 Å². The molecule has 6 heteroatoms. The van der Waals surface area contributed by atoms with Gasteiger partial charge in [0.15, 0.2) is 0 Å². The van der Waals surface area contributed by atoms with Crippen molar-refractivity contribution in [3.05, 3.63) is 29.5 Å². The lowest BCUT2D eigenvalue weighted by Crippen LogP contribution is -2.38. The zero-order valence-electron chi connectivity index (χ0n) is 13.9. The molecule has 0 spiro atoms. The lowest BCUT2D eigenvalue weighted by atomic mass is 10.0.